The summed E-state index contributed by atoms with van der Waals surface area (Å²) in [6, 6.07) is 8.34. The van der Waals surface area contributed by atoms with E-state index < -0.39 is 6.10 Å². The van der Waals surface area contributed by atoms with Crippen molar-refractivity contribution in [2.45, 2.75) is 25.6 Å². The van der Waals surface area contributed by atoms with Crippen molar-refractivity contribution >= 4 is 17.6 Å². The maximum Gasteiger partial charge on any atom is 0.315 e. The van der Waals surface area contributed by atoms with Crippen LogP contribution < -0.4 is 10.6 Å². The number of hydrogen-bond acceptors (Lipinski definition) is 3. The number of aliphatic hydroxyl groups is 1. The van der Waals surface area contributed by atoms with Gasteiger partial charge in [0.2, 0.25) is 0 Å². The highest BCUT2D eigenvalue weighted by atomic mass is 35.5. The molecule has 0 fully saturated rings. The molecule has 0 saturated carbocycles. The Morgan fingerprint density at radius 3 is 2.95 bits per heavy atom. The van der Waals surface area contributed by atoms with E-state index in [0.717, 1.165) is 0 Å². The van der Waals surface area contributed by atoms with E-state index in [1.165, 1.54) is 0 Å². The Morgan fingerprint density at radius 1 is 1.45 bits per heavy atom. The van der Waals surface area contributed by atoms with Gasteiger partial charge >= 0.3 is 6.03 Å². The first kappa shape index (κ1) is 16.3. The van der Waals surface area contributed by atoms with Gasteiger partial charge in [-0.2, -0.15) is 5.10 Å². The van der Waals surface area contributed by atoms with Crippen molar-refractivity contribution in [3.8, 4) is 0 Å². The Labute approximate surface area is 134 Å². The summed E-state index contributed by atoms with van der Waals surface area (Å²) in [4.78, 5) is 11.8. The summed E-state index contributed by atoms with van der Waals surface area (Å²) >= 11 is 5.87. The van der Waals surface area contributed by atoms with Crippen molar-refractivity contribution in [3.63, 3.8) is 0 Å². The van der Waals surface area contributed by atoms with Crippen molar-refractivity contribution in [3.05, 3.63) is 53.3 Å². The summed E-state index contributed by atoms with van der Waals surface area (Å²) in [7, 11) is 0. The van der Waals surface area contributed by atoms with E-state index >= 15 is 0 Å². The van der Waals surface area contributed by atoms with Crippen molar-refractivity contribution in [1.29, 1.82) is 0 Å². The molecule has 0 aliphatic heterocycles. The number of carbonyl (C=O) groups is 1. The Hall–Kier alpha value is -2.05. The fourth-order valence-electron chi connectivity index (χ4n) is 2.03. The van der Waals surface area contributed by atoms with Crippen LogP contribution in [0.1, 0.15) is 18.6 Å². The number of nitrogens with zero attached hydrogens (tertiary/aromatic N) is 2. The molecular weight excluding hydrogens is 304 g/mol. The van der Waals surface area contributed by atoms with Crippen LogP contribution in [0.5, 0.6) is 0 Å². The number of carbonyl (C=O) groups excluding carboxylic acids is 1. The molecule has 2 aromatic rings. The Kier molecular flexibility index (Phi) is 5.80. The van der Waals surface area contributed by atoms with Gasteiger partial charge in [-0.05, 0) is 30.7 Å². The van der Waals surface area contributed by atoms with Gasteiger partial charge in [0.05, 0.1) is 12.6 Å². The number of nitrogens with one attached hydrogen (secondary N) is 2. The lowest BCUT2D eigenvalue weighted by Gasteiger charge is -2.16. The van der Waals surface area contributed by atoms with Gasteiger partial charge < -0.3 is 15.7 Å². The van der Waals surface area contributed by atoms with Crippen LogP contribution in [0.4, 0.5) is 4.79 Å². The zero-order valence-corrected chi connectivity index (χ0v) is 13.0. The average Bonchev–Trinajstić information content (AvgIpc) is 2.97. The van der Waals surface area contributed by atoms with Crippen molar-refractivity contribution in [2.24, 2.45) is 0 Å². The molecule has 1 aromatic heterocycles. The number of benzene rings is 1. The number of amides is 2. The highest BCUT2D eigenvalue weighted by Gasteiger charge is 2.12. The molecule has 6 nitrogen and oxygen atoms in total. The quantitative estimate of drug-likeness (QED) is 0.760. The summed E-state index contributed by atoms with van der Waals surface area (Å²) in [5.74, 6) is 0. The summed E-state index contributed by atoms with van der Waals surface area (Å²) in [5.41, 5.74) is 0.664. The summed E-state index contributed by atoms with van der Waals surface area (Å²) < 4.78 is 1.74. The maximum atomic E-state index is 11.8. The first-order valence-electron chi connectivity index (χ1n) is 7.00. The van der Waals surface area contributed by atoms with E-state index in [2.05, 4.69) is 15.7 Å². The lowest BCUT2D eigenvalue weighted by molar-refractivity contribution is 0.172. The second kappa shape index (κ2) is 7.82. The molecule has 0 saturated heterocycles. The summed E-state index contributed by atoms with van der Waals surface area (Å²) in [5, 5.41) is 20.1. The molecule has 0 aliphatic carbocycles. The molecule has 1 heterocycles. The minimum atomic E-state index is -0.800. The highest BCUT2D eigenvalue weighted by Crippen LogP contribution is 2.16. The average molecular weight is 323 g/mol. The van der Waals surface area contributed by atoms with Crippen molar-refractivity contribution in [2.75, 3.05) is 6.54 Å². The van der Waals surface area contributed by atoms with Crippen molar-refractivity contribution in [1.82, 2.24) is 20.4 Å². The highest BCUT2D eigenvalue weighted by molar-refractivity contribution is 6.30. The van der Waals surface area contributed by atoms with E-state index in [9.17, 15) is 9.90 Å². The normalized spacial score (nSPS) is 13.4. The molecule has 2 atom stereocenters. The standard InChI is InChI=1S/C15H19ClN4O2/c1-11(10-20-7-3-6-18-20)19-15(22)17-9-14(21)12-4-2-5-13(16)8-12/h2-8,11,14,21H,9-10H2,1H3,(H2,17,19,22)/t11-,14-/m1/s1. The van der Waals surface area contributed by atoms with Crippen LogP contribution in [0.25, 0.3) is 0 Å². The maximum absolute atomic E-state index is 11.8. The van der Waals surface area contributed by atoms with E-state index in [0.29, 0.717) is 17.1 Å². The molecule has 22 heavy (non-hydrogen) atoms. The van der Waals surface area contributed by atoms with E-state index in [4.69, 9.17) is 11.6 Å². The minimum Gasteiger partial charge on any atom is -0.387 e. The smallest absolute Gasteiger partial charge is 0.315 e. The second-order valence-electron chi connectivity index (χ2n) is 5.05. The Morgan fingerprint density at radius 2 is 2.27 bits per heavy atom. The van der Waals surface area contributed by atoms with Gasteiger partial charge in [0, 0.05) is 30.0 Å². The van der Waals surface area contributed by atoms with E-state index in [1.54, 1.807) is 35.1 Å². The van der Waals surface area contributed by atoms with Gasteiger partial charge in [-0.1, -0.05) is 23.7 Å². The molecule has 7 heteroatoms. The number of halogens is 1. The number of rotatable bonds is 6. The topological polar surface area (TPSA) is 79.2 Å². The van der Waals surface area contributed by atoms with Crippen LogP contribution >= 0.6 is 11.6 Å². The van der Waals surface area contributed by atoms with Gasteiger partial charge in [-0.25, -0.2) is 4.79 Å². The van der Waals surface area contributed by atoms with Gasteiger partial charge in [-0.3, -0.25) is 4.68 Å². The molecule has 0 spiro atoms. The van der Waals surface area contributed by atoms with Gasteiger partial charge in [0.1, 0.15) is 0 Å². The number of urea groups is 1. The second-order valence-corrected chi connectivity index (χ2v) is 5.49. The monoisotopic (exact) mass is 322 g/mol. The van der Waals surface area contributed by atoms with Crippen LogP contribution in [0, 0.1) is 0 Å². The summed E-state index contributed by atoms with van der Waals surface area (Å²) in [6.45, 7) is 2.58. The lowest BCUT2D eigenvalue weighted by atomic mass is 10.1. The first-order chi connectivity index (χ1) is 10.5. The minimum absolute atomic E-state index is 0.0804. The molecule has 118 valence electrons. The number of hydrogen-bond donors (Lipinski definition) is 3. The molecule has 3 N–H and O–H groups in total. The molecule has 0 aliphatic rings. The molecule has 0 bridgehead atoms. The molecule has 2 rings (SSSR count). The SMILES string of the molecule is C[C@H](Cn1cccn1)NC(=O)NC[C@@H](O)c1cccc(Cl)c1. The zero-order chi connectivity index (χ0) is 15.9. The molecular formula is C15H19ClN4O2. The summed E-state index contributed by atoms with van der Waals surface area (Å²) in [6.07, 6.45) is 2.72. The van der Waals surface area contributed by atoms with E-state index in [-0.39, 0.29) is 18.6 Å². The third-order valence-corrected chi connectivity index (χ3v) is 3.32. The van der Waals surface area contributed by atoms with E-state index in [1.807, 2.05) is 19.2 Å². The predicted molar refractivity (Wildman–Crippen MR) is 84.6 cm³/mol. The van der Waals surface area contributed by atoms with Crippen LogP contribution in [0.3, 0.4) is 0 Å². The molecule has 0 radical (unpaired) electrons. The predicted octanol–water partition coefficient (Wildman–Crippen LogP) is 1.96. The van der Waals surface area contributed by atoms with Gasteiger partial charge in [0.25, 0.3) is 0 Å². The van der Waals surface area contributed by atoms with Crippen molar-refractivity contribution < 1.29 is 9.90 Å². The third-order valence-electron chi connectivity index (χ3n) is 3.09. The Balaban J connectivity index is 1.75. The molecule has 1 aromatic carbocycles. The van der Waals surface area contributed by atoms with Gasteiger partial charge in [-0.15, -0.1) is 0 Å². The van der Waals surface area contributed by atoms with Gasteiger partial charge in [0.15, 0.2) is 0 Å². The lowest BCUT2D eigenvalue weighted by Crippen LogP contribution is -2.43. The largest absolute Gasteiger partial charge is 0.387 e. The fraction of sp³-hybridized carbons (Fsp3) is 0.333. The van der Waals surface area contributed by atoms with Crippen LogP contribution in [-0.2, 0) is 6.54 Å². The first-order valence-corrected chi connectivity index (χ1v) is 7.37. The number of aromatic nitrogens is 2. The third kappa shape index (κ3) is 5.05. The Bertz CT molecular complexity index is 603. The molecule has 2 amide bonds. The number of aliphatic hydroxyl groups excluding tert-OH is 1. The fourth-order valence-corrected chi connectivity index (χ4v) is 2.23. The van der Waals surface area contributed by atoms with Crippen LogP contribution in [0.2, 0.25) is 5.02 Å². The molecule has 0 unspecified atom stereocenters. The van der Waals surface area contributed by atoms with Crippen LogP contribution in [0.15, 0.2) is 42.7 Å². The zero-order valence-electron chi connectivity index (χ0n) is 12.2. The van der Waals surface area contributed by atoms with Crippen LogP contribution in [-0.4, -0.2) is 33.5 Å².